The van der Waals surface area contributed by atoms with E-state index in [1.807, 2.05) is 0 Å². The topological polar surface area (TPSA) is 81.6 Å². The van der Waals surface area contributed by atoms with Gasteiger partial charge in [0, 0.05) is 11.6 Å². The van der Waals surface area contributed by atoms with E-state index in [0.29, 0.717) is 6.07 Å². The number of benzene rings is 1. The summed E-state index contributed by atoms with van der Waals surface area (Å²) in [5.74, 6) is -1.93. The van der Waals surface area contributed by atoms with Gasteiger partial charge in [0.15, 0.2) is 5.60 Å². The largest absolute Gasteiger partial charge is 0.378 e. The van der Waals surface area contributed by atoms with E-state index in [2.05, 4.69) is 20.2 Å². The second-order valence-electron chi connectivity index (χ2n) is 4.85. The van der Waals surface area contributed by atoms with Crippen molar-refractivity contribution in [1.29, 1.82) is 0 Å². The Morgan fingerprint density at radius 1 is 1.13 bits per heavy atom. The van der Waals surface area contributed by atoms with Crippen LogP contribution in [0.15, 0.2) is 43.5 Å². The van der Waals surface area contributed by atoms with Gasteiger partial charge in [-0.05, 0) is 6.07 Å². The highest BCUT2D eigenvalue weighted by Crippen LogP contribution is 2.37. The predicted octanol–water partition coefficient (Wildman–Crippen LogP) is 1.20. The average molecular weight is 324 g/mol. The molecule has 0 radical (unpaired) electrons. The van der Waals surface area contributed by atoms with Crippen molar-refractivity contribution in [3.8, 4) is 0 Å². The third-order valence-electron chi connectivity index (χ3n) is 3.33. The first-order chi connectivity index (χ1) is 11.0. The van der Waals surface area contributed by atoms with E-state index in [9.17, 15) is 18.3 Å². The lowest BCUT2D eigenvalue weighted by atomic mass is 9.91. The molecule has 3 aromatic rings. The molecule has 0 amide bonds. The Labute approximate surface area is 128 Å². The molecule has 1 aromatic carbocycles. The van der Waals surface area contributed by atoms with E-state index >= 15 is 0 Å². The maximum atomic E-state index is 14.9. The molecule has 23 heavy (non-hydrogen) atoms. The fourth-order valence-electron chi connectivity index (χ4n) is 2.24. The Bertz CT molecular complexity index is 779. The second-order valence-corrected chi connectivity index (χ2v) is 4.85. The minimum atomic E-state index is -2.40. The number of hydrogen-bond acceptors (Lipinski definition) is 5. The maximum Gasteiger partial charge on any atom is 0.227 e. The van der Waals surface area contributed by atoms with Gasteiger partial charge in [0.2, 0.25) is 6.30 Å². The standard InChI is InChI=1S/C13H11F3N6O/c14-9-1-2-10(11(15)3-9)13(23,4-21-7-17-5-19-21)12(16)22-8-18-6-20-22/h1-3,5-8,12,23H,4H2. The van der Waals surface area contributed by atoms with Crippen molar-refractivity contribution in [1.82, 2.24) is 29.5 Å². The van der Waals surface area contributed by atoms with Gasteiger partial charge in [-0.1, -0.05) is 6.07 Å². The third kappa shape index (κ3) is 2.80. The van der Waals surface area contributed by atoms with Crippen LogP contribution in [-0.2, 0) is 12.1 Å². The summed E-state index contributed by atoms with van der Waals surface area (Å²) in [4.78, 5) is 7.28. The van der Waals surface area contributed by atoms with Crippen molar-refractivity contribution in [3.63, 3.8) is 0 Å². The highest BCUT2D eigenvalue weighted by Gasteiger charge is 2.44. The van der Waals surface area contributed by atoms with Gasteiger partial charge in [-0.3, -0.25) is 0 Å². The highest BCUT2D eigenvalue weighted by atomic mass is 19.1. The minimum Gasteiger partial charge on any atom is -0.378 e. The monoisotopic (exact) mass is 324 g/mol. The van der Waals surface area contributed by atoms with Crippen LogP contribution < -0.4 is 0 Å². The predicted molar refractivity (Wildman–Crippen MR) is 70.4 cm³/mol. The number of nitrogens with zero attached hydrogens (tertiary/aromatic N) is 6. The molecule has 1 N–H and O–H groups in total. The number of aromatic nitrogens is 6. The summed E-state index contributed by atoms with van der Waals surface area (Å²) in [6.07, 6.45) is 2.35. The van der Waals surface area contributed by atoms with Crippen LogP contribution in [0.5, 0.6) is 0 Å². The molecule has 120 valence electrons. The van der Waals surface area contributed by atoms with Crippen LogP contribution in [0.2, 0.25) is 0 Å². The SMILES string of the molecule is OC(Cn1cncn1)(c1ccc(F)cc1F)C(F)n1cncn1. The van der Waals surface area contributed by atoms with Gasteiger partial charge in [0.1, 0.15) is 36.9 Å². The van der Waals surface area contributed by atoms with Crippen molar-refractivity contribution in [3.05, 3.63) is 60.7 Å². The Kier molecular flexibility index (Phi) is 3.82. The molecule has 2 atom stereocenters. The van der Waals surface area contributed by atoms with Crippen molar-refractivity contribution < 1.29 is 18.3 Å². The van der Waals surface area contributed by atoms with E-state index in [1.165, 1.54) is 12.7 Å². The summed E-state index contributed by atoms with van der Waals surface area (Å²) in [5.41, 5.74) is -2.84. The molecule has 0 aliphatic heterocycles. The van der Waals surface area contributed by atoms with Gasteiger partial charge in [-0.25, -0.2) is 32.5 Å². The quantitative estimate of drug-likeness (QED) is 0.763. The molecule has 0 fully saturated rings. The fraction of sp³-hybridized carbons (Fsp3) is 0.231. The zero-order chi connectivity index (χ0) is 16.4. The summed E-state index contributed by atoms with van der Waals surface area (Å²) in [7, 11) is 0. The lowest BCUT2D eigenvalue weighted by molar-refractivity contribution is -0.0973. The molecular formula is C13H11F3N6O. The number of rotatable bonds is 5. The Balaban J connectivity index is 2.08. The molecule has 0 aliphatic carbocycles. The number of hydrogen-bond donors (Lipinski definition) is 1. The molecule has 0 spiro atoms. The number of alkyl halides is 1. The van der Waals surface area contributed by atoms with Crippen LogP contribution >= 0.6 is 0 Å². The van der Waals surface area contributed by atoms with Crippen molar-refractivity contribution >= 4 is 0 Å². The molecule has 0 saturated carbocycles. The van der Waals surface area contributed by atoms with Crippen LogP contribution in [0.25, 0.3) is 0 Å². The van der Waals surface area contributed by atoms with Gasteiger partial charge in [0.05, 0.1) is 6.54 Å². The normalized spacial score (nSPS) is 15.3. The Morgan fingerprint density at radius 2 is 1.87 bits per heavy atom. The van der Waals surface area contributed by atoms with Crippen LogP contribution in [0.4, 0.5) is 13.2 Å². The van der Waals surface area contributed by atoms with E-state index in [1.54, 1.807) is 0 Å². The minimum absolute atomic E-state index is 0.433. The first-order valence-electron chi connectivity index (χ1n) is 6.49. The lowest BCUT2D eigenvalue weighted by Gasteiger charge is -2.31. The van der Waals surface area contributed by atoms with Gasteiger partial charge in [-0.2, -0.15) is 10.2 Å². The zero-order valence-corrected chi connectivity index (χ0v) is 11.6. The smallest absolute Gasteiger partial charge is 0.227 e. The molecular weight excluding hydrogens is 313 g/mol. The van der Waals surface area contributed by atoms with E-state index in [4.69, 9.17) is 0 Å². The van der Waals surface area contributed by atoms with Gasteiger partial charge < -0.3 is 5.11 Å². The molecule has 0 bridgehead atoms. The molecule has 2 aromatic heterocycles. The molecule has 0 saturated heterocycles. The van der Waals surface area contributed by atoms with Crippen LogP contribution in [-0.4, -0.2) is 34.6 Å². The van der Waals surface area contributed by atoms with Gasteiger partial charge >= 0.3 is 0 Å². The Morgan fingerprint density at radius 3 is 2.48 bits per heavy atom. The third-order valence-corrected chi connectivity index (χ3v) is 3.33. The summed E-state index contributed by atoms with van der Waals surface area (Å²) < 4.78 is 44.0. The first kappa shape index (κ1) is 15.2. The van der Waals surface area contributed by atoms with E-state index in [-0.39, 0.29) is 0 Å². The molecule has 2 unspecified atom stereocenters. The molecule has 10 heteroatoms. The fourth-order valence-corrected chi connectivity index (χ4v) is 2.24. The van der Waals surface area contributed by atoms with Crippen LogP contribution in [0.3, 0.4) is 0 Å². The molecule has 2 heterocycles. The highest BCUT2D eigenvalue weighted by molar-refractivity contribution is 5.26. The first-order valence-corrected chi connectivity index (χ1v) is 6.49. The van der Waals surface area contributed by atoms with Gasteiger partial charge in [-0.15, -0.1) is 0 Å². The molecule has 0 aliphatic rings. The summed E-state index contributed by atoms with van der Waals surface area (Å²) >= 11 is 0. The summed E-state index contributed by atoms with van der Waals surface area (Å²) in [5, 5.41) is 18.2. The maximum absolute atomic E-state index is 14.9. The summed E-state index contributed by atoms with van der Waals surface area (Å²) in [6, 6.07) is 2.47. The van der Waals surface area contributed by atoms with Crippen LogP contribution in [0.1, 0.15) is 11.9 Å². The van der Waals surface area contributed by atoms with E-state index < -0.39 is 35.6 Å². The van der Waals surface area contributed by atoms with Crippen molar-refractivity contribution in [2.75, 3.05) is 0 Å². The van der Waals surface area contributed by atoms with Gasteiger partial charge in [0.25, 0.3) is 0 Å². The lowest BCUT2D eigenvalue weighted by Crippen LogP contribution is -2.40. The zero-order valence-electron chi connectivity index (χ0n) is 11.6. The van der Waals surface area contributed by atoms with Crippen molar-refractivity contribution in [2.24, 2.45) is 0 Å². The van der Waals surface area contributed by atoms with Crippen LogP contribution in [0, 0.1) is 11.6 Å². The Hall–Kier alpha value is -2.75. The number of aliphatic hydroxyl groups is 1. The average Bonchev–Trinajstić information content (AvgIpc) is 3.19. The second kappa shape index (κ2) is 5.80. The summed E-state index contributed by atoms with van der Waals surface area (Å²) in [6.45, 7) is -0.462. The molecule has 7 nitrogen and oxygen atoms in total. The van der Waals surface area contributed by atoms with E-state index in [0.717, 1.165) is 34.2 Å². The van der Waals surface area contributed by atoms with Crippen molar-refractivity contribution in [2.45, 2.75) is 18.4 Å². The number of halogens is 3. The molecule has 3 rings (SSSR count).